The number of rotatable bonds is 7. The number of carbonyl (C=O) groups is 3. The predicted molar refractivity (Wildman–Crippen MR) is 164 cm³/mol. The number of aliphatic hydroxyl groups is 1. The Balaban J connectivity index is 0.975. The quantitative estimate of drug-likeness (QED) is 0.267. The number of likely N-dealkylation sites (tertiary alicyclic amines) is 1. The van der Waals surface area contributed by atoms with Gasteiger partial charge < -0.3 is 30.5 Å². The molecule has 3 saturated carbocycles. The molecule has 1 saturated heterocycles. The highest BCUT2D eigenvalue weighted by Gasteiger charge is 2.59. The molecule has 3 heterocycles. The summed E-state index contributed by atoms with van der Waals surface area (Å²) < 4.78 is 70.1. The minimum absolute atomic E-state index is 0.0355. The summed E-state index contributed by atoms with van der Waals surface area (Å²) in [6.07, 6.45) is -1.23. The highest BCUT2D eigenvalue weighted by molar-refractivity contribution is 6.34. The molecule has 4 fully saturated rings. The van der Waals surface area contributed by atoms with E-state index in [1.807, 2.05) is 0 Å². The number of nitrogens with zero attached hydrogens (tertiary/aromatic N) is 5. The van der Waals surface area contributed by atoms with Crippen molar-refractivity contribution in [2.75, 3.05) is 18.4 Å². The summed E-state index contributed by atoms with van der Waals surface area (Å²) in [6, 6.07) is 2.11. The first-order valence-corrected chi connectivity index (χ1v) is 16.2. The van der Waals surface area contributed by atoms with Crippen LogP contribution in [0.3, 0.4) is 0 Å². The Labute approximate surface area is 281 Å². The molecule has 4 unspecified atom stereocenters. The van der Waals surface area contributed by atoms with Crippen molar-refractivity contribution in [3.63, 3.8) is 0 Å². The number of imidazole rings is 1. The first kappa shape index (κ1) is 33.3. The van der Waals surface area contributed by atoms with E-state index in [4.69, 9.17) is 11.6 Å². The second kappa shape index (κ2) is 12.0. The van der Waals surface area contributed by atoms with Crippen LogP contribution in [0.4, 0.5) is 32.4 Å². The van der Waals surface area contributed by atoms with Crippen molar-refractivity contribution in [3.8, 4) is 11.3 Å². The number of halogens is 6. The molecular weight excluding hydrogens is 679 g/mol. The van der Waals surface area contributed by atoms with Gasteiger partial charge in [-0.2, -0.15) is 18.3 Å². The van der Waals surface area contributed by atoms with Gasteiger partial charge in [0.1, 0.15) is 6.04 Å². The summed E-state index contributed by atoms with van der Waals surface area (Å²) in [4.78, 5) is 44.6. The third kappa shape index (κ3) is 6.22. The fraction of sp³-hybridized carbons (Fsp3) is 0.516. The van der Waals surface area contributed by atoms with Crippen LogP contribution in [0.1, 0.15) is 64.8 Å². The summed E-state index contributed by atoms with van der Waals surface area (Å²) in [5, 5.41) is 21.9. The summed E-state index contributed by atoms with van der Waals surface area (Å²) in [6.45, 7) is 1.05. The van der Waals surface area contributed by atoms with Crippen LogP contribution in [0.2, 0.25) is 5.02 Å². The maximum Gasteiger partial charge on any atom is 0.435 e. The molecule has 0 radical (unpaired) electrons. The van der Waals surface area contributed by atoms with Gasteiger partial charge in [0, 0.05) is 50.4 Å². The third-order valence-corrected chi connectivity index (χ3v) is 10.3. The molecule has 18 heteroatoms. The largest absolute Gasteiger partial charge is 0.435 e. The van der Waals surface area contributed by atoms with E-state index in [0.29, 0.717) is 30.6 Å². The number of aliphatic hydroxyl groups excluding tert-OH is 1. The van der Waals surface area contributed by atoms with Gasteiger partial charge in [-0.3, -0.25) is 14.3 Å². The first-order valence-electron chi connectivity index (χ1n) is 15.8. The van der Waals surface area contributed by atoms with E-state index in [1.165, 1.54) is 25.2 Å². The summed E-state index contributed by atoms with van der Waals surface area (Å²) >= 11 is 6.41. The molecule has 2 aromatic heterocycles. The van der Waals surface area contributed by atoms with Gasteiger partial charge in [0.15, 0.2) is 11.5 Å². The number of fused-ring (bicyclic) bond motifs is 1. The molecule has 4 amide bonds. The Kier molecular flexibility index (Phi) is 8.12. The summed E-state index contributed by atoms with van der Waals surface area (Å²) in [7, 11) is 1.31. The number of carbonyl (C=O) groups excluding carboxylic acids is 3. The second-order valence-corrected chi connectivity index (χ2v) is 13.6. The van der Waals surface area contributed by atoms with Crippen LogP contribution in [-0.2, 0) is 13.2 Å². The number of hydrogen-bond acceptors (Lipinski definition) is 6. The lowest BCUT2D eigenvalue weighted by atomic mass is 9.71. The van der Waals surface area contributed by atoms with Crippen LogP contribution < -0.4 is 16.0 Å². The smallest absolute Gasteiger partial charge is 0.391 e. The molecule has 0 spiro atoms. The van der Waals surface area contributed by atoms with Crippen molar-refractivity contribution >= 4 is 35.1 Å². The van der Waals surface area contributed by atoms with Gasteiger partial charge in [-0.05, 0) is 49.8 Å². The SMILES string of the molecule is Cn1c(-c2cn(C3CC3(F)F)nc2C(F)(F)F)cnc1C(=O)Nc1ccc(C(=O)NC2CC3CN(C(=O)N[C@H]4CCC[C@@H]4O)CC32)c(Cl)c1. The van der Waals surface area contributed by atoms with E-state index in [0.717, 1.165) is 29.8 Å². The van der Waals surface area contributed by atoms with Crippen molar-refractivity contribution in [3.05, 3.63) is 52.7 Å². The molecule has 12 nitrogen and oxygen atoms in total. The fourth-order valence-corrected chi connectivity index (χ4v) is 7.38. The van der Waals surface area contributed by atoms with Gasteiger partial charge in [-0.15, -0.1) is 0 Å². The first-order chi connectivity index (χ1) is 23.1. The summed E-state index contributed by atoms with van der Waals surface area (Å²) in [5.41, 5.74) is -1.70. The van der Waals surface area contributed by atoms with E-state index in [2.05, 4.69) is 26.0 Å². The normalized spacial score (nSPS) is 27.0. The number of aromatic nitrogens is 4. The maximum atomic E-state index is 13.8. The zero-order valence-corrected chi connectivity index (χ0v) is 26.7. The zero-order valence-electron chi connectivity index (χ0n) is 26.0. The number of alkyl halides is 5. The highest BCUT2D eigenvalue weighted by Crippen LogP contribution is 2.53. The van der Waals surface area contributed by atoms with Gasteiger partial charge in [-0.25, -0.2) is 18.6 Å². The number of nitrogens with one attached hydrogen (secondary N) is 3. The van der Waals surface area contributed by atoms with Crippen LogP contribution in [0, 0.1) is 11.8 Å². The van der Waals surface area contributed by atoms with E-state index in [1.54, 1.807) is 4.90 Å². The van der Waals surface area contributed by atoms with Crippen molar-refractivity contribution in [1.29, 1.82) is 0 Å². The molecule has 7 rings (SSSR count). The number of amides is 4. The van der Waals surface area contributed by atoms with Crippen LogP contribution in [0.25, 0.3) is 11.3 Å². The number of anilines is 1. The van der Waals surface area contributed by atoms with Crippen molar-refractivity contribution in [2.45, 2.75) is 68.4 Å². The summed E-state index contributed by atoms with van der Waals surface area (Å²) in [5.74, 6) is -4.32. The molecular formula is C31H32ClF5N8O4. The molecule has 49 heavy (non-hydrogen) atoms. The van der Waals surface area contributed by atoms with Gasteiger partial charge in [0.2, 0.25) is 0 Å². The minimum Gasteiger partial charge on any atom is -0.391 e. The minimum atomic E-state index is -4.95. The fourth-order valence-electron chi connectivity index (χ4n) is 7.11. The van der Waals surface area contributed by atoms with Crippen LogP contribution in [-0.4, -0.2) is 84.4 Å². The van der Waals surface area contributed by atoms with Crippen LogP contribution in [0.5, 0.6) is 0 Å². The van der Waals surface area contributed by atoms with Crippen molar-refractivity contribution < 1.29 is 41.4 Å². The maximum absolute atomic E-state index is 13.8. The standard InChI is InChI=1S/C31H32ClF5N8O4/c1-43-22(18-13-45(24-9-30(24,33)34)42-25(18)31(35,36)37)10-38-26(43)28(48)39-15-5-6-16(19(32)8-15)27(47)40-21-7-14-11-44(12-17(14)21)29(49)41-20-3-2-4-23(20)46/h5-6,8,10,13-14,17,20-21,23-24,46H,2-4,7,9,11-12H2,1H3,(H,39,48)(H,40,47)(H,41,49)/t14?,17?,20-,21?,23-,24?/m0/s1. The van der Waals surface area contributed by atoms with Crippen molar-refractivity contribution in [1.82, 2.24) is 34.9 Å². The molecule has 4 aliphatic rings. The van der Waals surface area contributed by atoms with Crippen LogP contribution >= 0.6 is 11.6 Å². The monoisotopic (exact) mass is 710 g/mol. The van der Waals surface area contributed by atoms with Gasteiger partial charge >= 0.3 is 12.2 Å². The molecule has 3 aliphatic carbocycles. The molecule has 1 aromatic carbocycles. The van der Waals surface area contributed by atoms with Crippen LogP contribution in [0.15, 0.2) is 30.6 Å². The van der Waals surface area contributed by atoms with Gasteiger partial charge in [0.05, 0.1) is 40.2 Å². The predicted octanol–water partition coefficient (Wildman–Crippen LogP) is 4.46. The topological polar surface area (TPSA) is 146 Å². The highest BCUT2D eigenvalue weighted by atomic mass is 35.5. The van der Waals surface area contributed by atoms with Gasteiger partial charge in [-0.1, -0.05) is 11.6 Å². The van der Waals surface area contributed by atoms with Gasteiger partial charge in [0.25, 0.3) is 17.7 Å². The van der Waals surface area contributed by atoms with E-state index in [-0.39, 0.29) is 57.7 Å². The lowest BCUT2D eigenvalue weighted by molar-refractivity contribution is -0.141. The molecule has 262 valence electrons. The Morgan fingerprint density at radius 2 is 1.84 bits per heavy atom. The van der Waals surface area contributed by atoms with E-state index in [9.17, 15) is 41.4 Å². The average Bonchev–Trinajstić information content (AvgIpc) is 3.53. The number of hydrogen-bond donors (Lipinski definition) is 4. The molecule has 1 aliphatic heterocycles. The lowest BCUT2D eigenvalue weighted by Gasteiger charge is -2.39. The second-order valence-electron chi connectivity index (χ2n) is 13.2. The number of urea groups is 1. The third-order valence-electron chi connectivity index (χ3n) is 10.0. The Bertz CT molecular complexity index is 1830. The Morgan fingerprint density at radius 3 is 2.49 bits per heavy atom. The Morgan fingerprint density at radius 1 is 1.08 bits per heavy atom. The Hall–Kier alpha value is -4.25. The molecule has 3 aromatic rings. The molecule has 4 N–H and O–H groups in total. The number of benzene rings is 1. The average molecular weight is 711 g/mol. The zero-order chi connectivity index (χ0) is 35.0. The molecule has 6 atom stereocenters. The van der Waals surface area contributed by atoms with E-state index >= 15 is 0 Å². The van der Waals surface area contributed by atoms with E-state index < -0.39 is 53.7 Å². The molecule has 0 bridgehead atoms. The lowest BCUT2D eigenvalue weighted by Crippen LogP contribution is -2.52. The van der Waals surface area contributed by atoms with Crippen molar-refractivity contribution in [2.24, 2.45) is 18.9 Å².